The van der Waals surface area contributed by atoms with Gasteiger partial charge < -0.3 is 19.7 Å². The van der Waals surface area contributed by atoms with Crippen molar-refractivity contribution in [3.05, 3.63) is 82.9 Å². The number of sulfonamides is 1. The van der Waals surface area contributed by atoms with Gasteiger partial charge in [-0.05, 0) is 62.2 Å². The molecule has 0 aromatic heterocycles. The molecule has 1 N–H and O–H groups in total. The summed E-state index contributed by atoms with van der Waals surface area (Å²) in [5.74, 6) is -0.290. The molecule has 9 nitrogen and oxygen atoms in total. The Morgan fingerprint density at radius 3 is 2.17 bits per heavy atom. The number of hydrogen-bond donors (Lipinski definition) is 1. The Bertz CT molecular complexity index is 1450. The van der Waals surface area contributed by atoms with Gasteiger partial charge in [0, 0.05) is 24.2 Å². The number of halogens is 1. The van der Waals surface area contributed by atoms with E-state index < -0.39 is 28.5 Å². The summed E-state index contributed by atoms with van der Waals surface area (Å²) >= 11 is 6.04. The zero-order valence-electron chi connectivity index (χ0n) is 23.9. The van der Waals surface area contributed by atoms with Gasteiger partial charge in [0.15, 0.2) is 11.5 Å². The van der Waals surface area contributed by atoms with Crippen molar-refractivity contribution in [2.75, 3.05) is 31.6 Å². The van der Waals surface area contributed by atoms with Gasteiger partial charge in [-0.2, -0.15) is 0 Å². The lowest BCUT2D eigenvalue weighted by Crippen LogP contribution is -2.51. The van der Waals surface area contributed by atoms with Gasteiger partial charge in [0.1, 0.15) is 12.6 Å². The Kier molecular flexibility index (Phi) is 11.0. The van der Waals surface area contributed by atoms with Crippen molar-refractivity contribution in [2.24, 2.45) is 0 Å². The molecule has 11 heteroatoms. The SMILES string of the molecule is CCCNC(=O)[C@H](C)N(Cc1ccc(Cl)cc1)C(=O)CN(c1ccc(C)cc1)S(=O)(=O)c1ccc(OC)c(OC)c1. The van der Waals surface area contributed by atoms with Gasteiger partial charge in [-0.3, -0.25) is 13.9 Å². The summed E-state index contributed by atoms with van der Waals surface area (Å²) in [7, 11) is -1.39. The first kappa shape index (κ1) is 31.8. The first-order valence-electron chi connectivity index (χ1n) is 13.1. The van der Waals surface area contributed by atoms with Crippen molar-refractivity contribution >= 4 is 39.1 Å². The van der Waals surface area contributed by atoms with Crippen molar-refractivity contribution in [2.45, 2.75) is 44.7 Å². The number of methoxy groups -OCH3 is 2. The number of benzene rings is 3. The lowest BCUT2D eigenvalue weighted by Gasteiger charge is -2.32. The minimum Gasteiger partial charge on any atom is -0.493 e. The van der Waals surface area contributed by atoms with E-state index in [2.05, 4.69) is 5.32 Å². The zero-order chi connectivity index (χ0) is 30.2. The second kappa shape index (κ2) is 14.2. The minimum atomic E-state index is -4.26. The molecule has 0 fully saturated rings. The molecule has 0 unspecified atom stereocenters. The number of nitrogens with one attached hydrogen (secondary N) is 1. The van der Waals surface area contributed by atoms with Gasteiger partial charge in [0.05, 0.1) is 24.8 Å². The number of carbonyl (C=O) groups is 2. The average molecular weight is 602 g/mol. The summed E-state index contributed by atoms with van der Waals surface area (Å²) < 4.78 is 39.7. The molecule has 0 heterocycles. The highest BCUT2D eigenvalue weighted by Crippen LogP contribution is 2.32. The van der Waals surface area contributed by atoms with Crippen molar-refractivity contribution in [1.29, 1.82) is 0 Å². The molecule has 0 radical (unpaired) electrons. The molecular weight excluding hydrogens is 566 g/mol. The fraction of sp³-hybridized carbons (Fsp3) is 0.333. The zero-order valence-corrected chi connectivity index (χ0v) is 25.5. The molecule has 0 saturated carbocycles. The molecule has 0 aliphatic rings. The highest BCUT2D eigenvalue weighted by atomic mass is 35.5. The van der Waals surface area contributed by atoms with E-state index in [1.54, 1.807) is 55.5 Å². The van der Waals surface area contributed by atoms with Crippen LogP contribution in [0, 0.1) is 6.92 Å². The maximum Gasteiger partial charge on any atom is 0.264 e. The third kappa shape index (κ3) is 7.92. The molecule has 3 rings (SSSR count). The Labute approximate surface area is 247 Å². The average Bonchev–Trinajstić information content (AvgIpc) is 2.97. The van der Waals surface area contributed by atoms with E-state index in [1.165, 1.54) is 37.3 Å². The molecule has 0 aliphatic carbocycles. The molecule has 0 saturated heterocycles. The quantitative estimate of drug-likeness (QED) is 0.302. The van der Waals surface area contributed by atoms with Crippen molar-refractivity contribution in [1.82, 2.24) is 10.2 Å². The van der Waals surface area contributed by atoms with Crippen LogP contribution in [-0.4, -0.2) is 58.5 Å². The maximum absolute atomic E-state index is 14.0. The third-order valence-corrected chi connectivity index (χ3v) is 8.55. The molecule has 2 amide bonds. The minimum absolute atomic E-state index is 0.0782. The summed E-state index contributed by atoms with van der Waals surface area (Å²) in [5, 5.41) is 3.36. The van der Waals surface area contributed by atoms with Gasteiger partial charge in [-0.1, -0.05) is 48.4 Å². The van der Waals surface area contributed by atoms with Gasteiger partial charge in [-0.15, -0.1) is 0 Å². The summed E-state index contributed by atoms with van der Waals surface area (Å²) in [4.78, 5) is 28.2. The van der Waals surface area contributed by atoms with Crippen LogP contribution in [0.2, 0.25) is 5.02 Å². The van der Waals surface area contributed by atoms with Gasteiger partial charge in [-0.25, -0.2) is 8.42 Å². The molecule has 0 aliphatic heterocycles. The van der Waals surface area contributed by atoms with E-state index in [-0.39, 0.29) is 23.1 Å². The van der Waals surface area contributed by atoms with E-state index in [4.69, 9.17) is 21.1 Å². The van der Waals surface area contributed by atoms with Crippen molar-refractivity contribution in [3.63, 3.8) is 0 Å². The summed E-state index contributed by atoms with van der Waals surface area (Å²) in [6.45, 7) is 5.42. The number of rotatable bonds is 13. The molecule has 0 bridgehead atoms. The third-order valence-electron chi connectivity index (χ3n) is 6.53. The molecule has 3 aromatic rings. The van der Waals surface area contributed by atoms with Gasteiger partial charge >= 0.3 is 0 Å². The van der Waals surface area contributed by atoms with Gasteiger partial charge in [0.25, 0.3) is 10.0 Å². The molecule has 3 aromatic carbocycles. The van der Waals surface area contributed by atoms with E-state index in [0.717, 1.165) is 21.9 Å². The number of ether oxygens (including phenoxy) is 2. The second-order valence-electron chi connectivity index (χ2n) is 9.48. The van der Waals surface area contributed by atoms with Crippen LogP contribution >= 0.6 is 11.6 Å². The number of carbonyl (C=O) groups excluding carboxylic acids is 2. The maximum atomic E-state index is 14.0. The smallest absolute Gasteiger partial charge is 0.264 e. The van der Waals surface area contributed by atoms with E-state index in [1.807, 2.05) is 13.8 Å². The van der Waals surface area contributed by atoms with Crippen LogP contribution < -0.4 is 19.1 Å². The Morgan fingerprint density at radius 1 is 0.951 bits per heavy atom. The van der Waals surface area contributed by atoms with Crippen LogP contribution in [-0.2, 0) is 26.2 Å². The van der Waals surface area contributed by atoms with E-state index in [9.17, 15) is 18.0 Å². The predicted molar refractivity (Wildman–Crippen MR) is 160 cm³/mol. The lowest BCUT2D eigenvalue weighted by atomic mass is 10.1. The van der Waals surface area contributed by atoms with E-state index >= 15 is 0 Å². The van der Waals surface area contributed by atoms with Crippen LogP contribution in [0.15, 0.2) is 71.6 Å². The Balaban J connectivity index is 2.05. The van der Waals surface area contributed by atoms with Crippen LogP contribution in [0.3, 0.4) is 0 Å². The Hall–Kier alpha value is -3.76. The molecule has 41 heavy (non-hydrogen) atoms. The fourth-order valence-corrected chi connectivity index (χ4v) is 5.67. The van der Waals surface area contributed by atoms with Gasteiger partial charge in [0.2, 0.25) is 11.8 Å². The largest absolute Gasteiger partial charge is 0.493 e. The number of amides is 2. The summed E-state index contributed by atoms with van der Waals surface area (Å²) in [6, 6.07) is 17.1. The predicted octanol–water partition coefficient (Wildman–Crippen LogP) is 4.80. The Morgan fingerprint density at radius 2 is 1.59 bits per heavy atom. The molecule has 1 atom stereocenters. The van der Waals surface area contributed by atoms with Crippen LogP contribution in [0.5, 0.6) is 11.5 Å². The summed E-state index contributed by atoms with van der Waals surface area (Å²) in [6.07, 6.45) is 0.731. The van der Waals surface area contributed by atoms with Crippen LogP contribution in [0.25, 0.3) is 0 Å². The normalized spacial score (nSPS) is 11.9. The highest BCUT2D eigenvalue weighted by molar-refractivity contribution is 7.92. The standard InChI is InChI=1S/C30H36ClN3O6S/c1-6-17-32-30(36)22(3)33(19-23-9-11-24(31)12-10-23)29(35)20-34(25-13-7-21(2)8-14-25)41(37,38)26-15-16-27(39-4)28(18-26)40-5/h7-16,18,22H,6,17,19-20H2,1-5H3,(H,32,36)/t22-/m0/s1. The van der Waals surface area contributed by atoms with E-state index in [0.29, 0.717) is 23.0 Å². The monoisotopic (exact) mass is 601 g/mol. The van der Waals surface area contributed by atoms with Crippen LogP contribution in [0.4, 0.5) is 5.69 Å². The second-order valence-corrected chi connectivity index (χ2v) is 11.8. The number of nitrogens with zero attached hydrogens (tertiary/aromatic N) is 2. The molecule has 220 valence electrons. The number of aryl methyl sites for hydroxylation is 1. The molecule has 0 spiro atoms. The van der Waals surface area contributed by atoms with Crippen LogP contribution in [0.1, 0.15) is 31.4 Å². The lowest BCUT2D eigenvalue weighted by molar-refractivity contribution is -0.139. The van der Waals surface area contributed by atoms with Crippen molar-refractivity contribution < 1.29 is 27.5 Å². The first-order valence-corrected chi connectivity index (χ1v) is 15.0. The number of hydrogen-bond acceptors (Lipinski definition) is 6. The number of anilines is 1. The fourth-order valence-electron chi connectivity index (χ4n) is 4.11. The topological polar surface area (TPSA) is 105 Å². The van der Waals surface area contributed by atoms with Crippen molar-refractivity contribution in [3.8, 4) is 11.5 Å². The highest BCUT2D eigenvalue weighted by Gasteiger charge is 2.33. The molecular formula is C30H36ClN3O6S. The first-order chi connectivity index (χ1) is 19.5. The summed E-state index contributed by atoms with van der Waals surface area (Å²) in [5.41, 5.74) is 1.96.